The molecule has 0 radical (unpaired) electrons. The summed E-state index contributed by atoms with van der Waals surface area (Å²) in [7, 11) is -3.22. The van der Waals surface area contributed by atoms with E-state index in [0.29, 0.717) is 5.56 Å². The average Bonchev–Trinajstić information content (AvgIpc) is 2.64. The summed E-state index contributed by atoms with van der Waals surface area (Å²) in [5, 5.41) is 19.8. The highest BCUT2D eigenvalue weighted by atomic mass is 32.2. The van der Waals surface area contributed by atoms with E-state index in [2.05, 4.69) is 0 Å². The van der Waals surface area contributed by atoms with Crippen LogP contribution in [0, 0.1) is 30.6 Å². The van der Waals surface area contributed by atoms with Crippen molar-refractivity contribution in [2.24, 2.45) is 5.41 Å². The normalized spacial score (nSPS) is 26.8. The molecule has 5 heteroatoms. The summed E-state index contributed by atoms with van der Waals surface area (Å²) < 4.78 is 23.2. The molecule has 0 saturated carbocycles. The van der Waals surface area contributed by atoms with Crippen molar-refractivity contribution < 1.29 is 13.5 Å². The summed E-state index contributed by atoms with van der Waals surface area (Å²) in [6.45, 7) is 3.82. The third kappa shape index (κ3) is 2.65. The predicted octanol–water partition coefficient (Wildman–Crippen LogP) is 1.67. The lowest BCUT2D eigenvalue weighted by molar-refractivity contribution is 0.0792. The fourth-order valence-corrected chi connectivity index (χ4v) is 4.70. The molecule has 19 heavy (non-hydrogen) atoms. The summed E-state index contributed by atoms with van der Waals surface area (Å²) in [5.74, 6) is -0.285. The van der Waals surface area contributed by atoms with Crippen molar-refractivity contribution in [2.75, 3.05) is 11.5 Å². The Morgan fingerprint density at radius 2 is 1.89 bits per heavy atom. The van der Waals surface area contributed by atoms with Gasteiger partial charge in [-0.3, -0.25) is 0 Å². The second-order valence-corrected chi connectivity index (χ2v) is 7.62. The fraction of sp³-hybridized carbons (Fsp3) is 0.500. The van der Waals surface area contributed by atoms with Gasteiger partial charge in [0.25, 0.3) is 0 Å². The Hall–Kier alpha value is -1.38. The van der Waals surface area contributed by atoms with Gasteiger partial charge in [-0.25, -0.2) is 8.42 Å². The number of nitrogens with zero attached hydrogens (tertiary/aromatic N) is 1. The van der Waals surface area contributed by atoms with Crippen LogP contribution in [0.1, 0.15) is 29.2 Å². The molecule has 0 spiro atoms. The van der Waals surface area contributed by atoms with Gasteiger partial charge in [-0.05, 0) is 25.8 Å². The molecule has 0 bridgehead atoms. The average molecular weight is 279 g/mol. The summed E-state index contributed by atoms with van der Waals surface area (Å²) in [6.07, 6.45) is -0.867. The van der Waals surface area contributed by atoms with Crippen molar-refractivity contribution in [3.63, 3.8) is 0 Å². The van der Waals surface area contributed by atoms with Crippen molar-refractivity contribution >= 4 is 9.84 Å². The summed E-state index contributed by atoms with van der Waals surface area (Å²) in [6, 6.07) is 7.63. The SMILES string of the molecule is Cc1cc(C)cc(C(O)C2(C#N)CCS(=O)(=O)C2)c1. The Bertz CT molecular complexity index is 625. The van der Waals surface area contributed by atoms with Gasteiger partial charge >= 0.3 is 0 Å². The first-order valence-electron chi connectivity index (χ1n) is 6.16. The fourth-order valence-electron chi connectivity index (χ4n) is 2.73. The van der Waals surface area contributed by atoms with Crippen LogP contribution < -0.4 is 0 Å². The standard InChI is InChI=1S/C14H17NO3S/c1-10-5-11(2)7-12(6-10)13(16)14(8-15)3-4-19(17,18)9-14/h5-7,13,16H,3-4,9H2,1-2H3. The lowest BCUT2D eigenvalue weighted by Crippen LogP contribution is -2.29. The molecular formula is C14H17NO3S. The number of aliphatic hydroxyl groups is 1. The molecule has 2 unspecified atom stereocenters. The molecule has 2 rings (SSSR count). The zero-order chi connectivity index (χ0) is 14.3. The number of rotatable bonds is 2. The molecule has 1 heterocycles. The van der Waals surface area contributed by atoms with Gasteiger partial charge in [-0.2, -0.15) is 5.26 Å². The molecule has 1 aromatic rings. The van der Waals surface area contributed by atoms with E-state index in [-0.39, 0.29) is 17.9 Å². The number of nitriles is 1. The maximum absolute atomic E-state index is 11.6. The van der Waals surface area contributed by atoms with E-state index < -0.39 is 21.4 Å². The van der Waals surface area contributed by atoms with Gasteiger partial charge in [0.2, 0.25) is 0 Å². The number of benzene rings is 1. The zero-order valence-electron chi connectivity index (χ0n) is 11.0. The monoisotopic (exact) mass is 279 g/mol. The van der Waals surface area contributed by atoms with E-state index in [1.165, 1.54) is 0 Å². The first kappa shape index (κ1) is 14.0. The van der Waals surface area contributed by atoms with Crippen LogP contribution in [-0.2, 0) is 9.84 Å². The summed E-state index contributed by atoms with van der Waals surface area (Å²) >= 11 is 0. The number of aliphatic hydroxyl groups excluding tert-OH is 1. The van der Waals surface area contributed by atoms with Crippen LogP contribution in [0.15, 0.2) is 18.2 Å². The molecule has 0 aliphatic carbocycles. The second kappa shape index (κ2) is 4.62. The van der Waals surface area contributed by atoms with Crippen LogP contribution >= 0.6 is 0 Å². The third-order valence-electron chi connectivity index (χ3n) is 3.64. The molecule has 2 atom stereocenters. The molecule has 4 nitrogen and oxygen atoms in total. The molecular weight excluding hydrogens is 262 g/mol. The first-order chi connectivity index (χ1) is 8.78. The molecule has 1 aliphatic heterocycles. The number of hydrogen-bond donors (Lipinski definition) is 1. The van der Waals surface area contributed by atoms with Crippen LogP contribution in [0.3, 0.4) is 0 Å². The Morgan fingerprint density at radius 1 is 1.32 bits per heavy atom. The van der Waals surface area contributed by atoms with Crippen LogP contribution in [0.2, 0.25) is 0 Å². The third-order valence-corrected chi connectivity index (χ3v) is 5.42. The van der Waals surface area contributed by atoms with Crippen molar-refractivity contribution in [2.45, 2.75) is 26.4 Å². The Balaban J connectivity index is 2.43. The van der Waals surface area contributed by atoms with Crippen molar-refractivity contribution in [3.8, 4) is 6.07 Å². The Morgan fingerprint density at radius 3 is 2.32 bits per heavy atom. The van der Waals surface area contributed by atoms with Crippen molar-refractivity contribution in [3.05, 3.63) is 34.9 Å². The molecule has 0 aromatic heterocycles. The van der Waals surface area contributed by atoms with Gasteiger partial charge in [0.15, 0.2) is 9.84 Å². The van der Waals surface area contributed by atoms with E-state index in [4.69, 9.17) is 0 Å². The Labute approximate surface area is 113 Å². The highest BCUT2D eigenvalue weighted by Gasteiger charge is 2.48. The van der Waals surface area contributed by atoms with E-state index in [9.17, 15) is 18.8 Å². The van der Waals surface area contributed by atoms with Crippen LogP contribution in [0.4, 0.5) is 0 Å². The highest BCUT2D eigenvalue weighted by Crippen LogP contribution is 2.43. The quantitative estimate of drug-likeness (QED) is 0.893. The second-order valence-electron chi connectivity index (χ2n) is 5.43. The maximum Gasteiger partial charge on any atom is 0.152 e. The molecule has 0 amide bonds. The van der Waals surface area contributed by atoms with Gasteiger partial charge in [0.1, 0.15) is 5.41 Å². The maximum atomic E-state index is 11.6. The van der Waals surface area contributed by atoms with Crippen molar-refractivity contribution in [1.82, 2.24) is 0 Å². The number of sulfone groups is 1. The lowest BCUT2D eigenvalue weighted by Gasteiger charge is -2.26. The van der Waals surface area contributed by atoms with Crippen LogP contribution in [0.25, 0.3) is 0 Å². The Kier molecular flexibility index (Phi) is 3.41. The van der Waals surface area contributed by atoms with Gasteiger partial charge in [-0.15, -0.1) is 0 Å². The number of hydrogen-bond acceptors (Lipinski definition) is 4. The smallest absolute Gasteiger partial charge is 0.152 e. The largest absolute Gasteiger partial charge is 0.387 e. The zero-order valence-corrected chi connectivity index (χ0v) is 11.9. The minimum Gasteiger partial charge on any atom is -0.387 e. The van der Waals surface area contributed by atoms with E-state index >= 15 is 0 Å². The van der Waals surface area contributed by atoms with Gasteiger partial charge in [0, 0.05) is 0 Å². The first-order valence-corrected chi connectivity index (χ1v) is 7.98. The van der Waals surface area contributed by atoms with Gasteiger partial charge < -0.3 is 5.11 Å². The molecule has 1 aromatic carbocycles. The molecule has 102 valence electrons. The minimum absolute atomic E-state index is 0.0254. The minimum atomic E-state index is -3.22. The van der Waals surface area contributed by atoms with E-state index in [1.54, 1.807) is 0 Å². The summed E-state index contributed by atoms with van der Waals surface area (Å²) in [5.41, 5.74) is 1.39. The van der Waals surface area contributed by atoms with Crippen LogP contribution in [0.5, 0.6) is 0 Å². The topological polar surface area (TPSA) is 78.2 Å². The van der Waals surface area contributed by atoms with Crippen LogP contribution in [-0.4, -0.2) is 25.0 Å². The highest BCUT2D eigenvalue weighted by molar-refractivity contribution is 7.91. The van der Waals surface area contributed by atoms with Gasteiger partial charge in [-0.1, -0.05) is 29.3 Å². The molecule has 1 N–H and O–H groups in total. The molecule has 1 saturated heterocycles. The predicted molar refractivity (Wildman–Crippen MR) is 72.2 cm³/mol. The van der Waals surface area contributed by atoms with Crippen molar-refractivity contribution in [1.29, 1.82) is 5.26 Å². The molecule has 1 fully saturated rings. The van der Waals surface area contributed by atoms with E-state index in [1.807, 2.05) is 38.1 Å². The van der Waals surface area contributed by atoms with Gasteiger partial charge in [0.05, 0.1) is 23.7 Å². The lowest BCUT2D eigenvalue weighted by atomic mass is 9.79. The summed E-state index contributed by atoms with van der Waals surface area (Å²) in [4.78, 5) is 0. The van der Waals surface area contributed by atoms with E-state index in [0.717, 1.165) is 11.1 Å². The number of aryl methyl sites for hydroxylation is 2. The molecule has 1 aliphatic rings.